The van der Waals surface area contributed by atoms with Gasteiger partial charge in [0.1, 0.15) is 12.2 Å². The van der Waals surface area contributed by atoms with Crippen LogP contribution in [0.1, 0.15) is 59.6 Å². The van der Waals surface area contributed by atoms with E-state index >= 15 is 0 Å². The number of nitrogens with zero attached hydrogens (tertiary/aromatic N) is 6. The summed E-state index contributed by atoms with van der Waals surface area (Å²) in [6.07, 6.45) is -5.03. The van der Waals surface area contributed by atoms with Gasteiger partial charge in [-0.3, -0.25) is 14.4 Å². The number of para-hydroxylation sites is 1. The van der Waals surface area contributed by atoms with Crippen molar-refractivity contribution in [1.29, 1.82) is 0 Å². The predicted octanol–water partition coefficient (Wildman–Crippen LogP) is 4.97. The lowest BCUT2D eigenvalue weighted by Gasteiger charge is -2.31. The van der Waals surface area contributed by atoms with Crippen molar-refractivity contribution in [2.45, 2.75) is 68.6 Å². The van der Waals surface area contributed by atoms with Gasteiger partial charge in [0.05, 0.1) is 24.0 Å². The fourth-order valence-corrected chi connectivity index (χ4v) is 8.50. The lowest BCUT2D eigenvalue weighted by molar-refractivity contribution is -0.190. The van der Waals surface area contributed by atoms with Crippen molar-refractivity contribution in [3.63, 3.8) is 0 Å². The van der Waals surface area contributed by atoms with Gasteiger partial charge in [-0.25, -0.2) is 4.98 Å². The van der Waals surface area contributed by atoms with Gasteiger partial charge in [0.15, 0.2) is 17.0 Å². The molecule has 1 aliphatic carbocycles. The van der Waals surface area contributed by atoms with Crippen molar-refractivity contribution >= 4 is 51.4 Å². The summed E-state index contributed by atoms with van der Waals surface area (Å²) >= 11 is 0. The maximum absolute atomic E-state index is 13.7. The number of anilines is 2. The van der Waals surface area contributed by atoms with Crippen LogP contribution in [-0.2, 0) is 9.59 Å². The number of benzene rings is 3. The van der Waals surface area contributed by atoms with Crippen molar-refractivity contribution in [1.82, 2.24) is 34.7 Å². The number of imidazole rings is 1. The highest BCUT2D eigenvalue weighted by Gasteiger charge is 2.51. The second kappa shape index (κ2) is 16.7. The highest BCUT2D eigenvalue weighted by molar-refractivity contribution is 6.45. The summed E-state index contributed by atoms with van der Waals surface area (Å²) in [5.41, 5.74) is 3.65. The lowest BCUT2D eigenvalue weighted by Crippen LogP contribution is -2.51. The summed E-state index contributed by atoms with van der Waals surface area (Å²) in [5.74, 6) is -3.04. The summed E-state index contributed by atoms with van der Waals surface area (Å²) in [5, 5.41) is 29.5. The van der Waals surface area contributed by atoms with Crippen molar-refractivity contribution in [2.75, 3.05) is 36.4 Å². The van der Waals surface area contributed by atoms with Crippen LogP contribution in [0, 0.1) is 0 Å². The molecule has 2 fully saturated rings. The zero-order valence-corrected chi connectivity index (χ0v) is 32.6. The molecule has 5 atom stereocenters. The van der Waals surface area contributed by atoms with Crippen LogP contribution >= 0.6 is 0 Å². The molecular formula is C43H44F3N9O5. The number of hydrogen-bond acceptors (Lipinski definition) is 10. The Morgan fingerprint density at radius 1 is 0.950 bits per heavy atom. The number of halogens is 3. The van der Waals surface area contributed by atoms with E-state index in [0.717, 1.165) is 16.6 Å². The summed E-state index contributed by atoms with van der Waals surface area (Å²) in [7, 11) is 0. The quantitative estimate of drug-likeness (QED) is 0.0789. The minimum absolute atomic E-state index is 0.118. The number of aromatic amines is 1. The van der Waals surface area contributed by atoms with Gasteiger partial charge in [0, 0.05) is 55.2 Å². The largest absolute Gasteiger partial charge is 0.471 e. The maximum atomic E-state index is 13.7. The molecule has 8 rings (SSSR count). The van der Waals surface area contributed by atoms with Crippen LogP contribution < -0.4 is 15.5 Å². The second-order valence-electron chi connectivity index (χ2n) is 15.3. The van der Waals surface area contributed by atoms with Gasteiger partial charge in [0.2, 0.25) is 5.95 Å². The Kier molecular flexibility index (Phi) is 11.3. The van der Waals surface area contributed by atoms with E-state index in [1.807, 2.05) is 77.7 Å². The highest BCUT2D eigenvalue weighted by atomic mass is 19.4. The van der Waals surface area contributed by atoms with Crippen LogP contribution in [0.15, 0.2) is 97.5 Å². The number of ketones is 1. The van der Waals surface area contributed by atoms with Gasteiger partial charge in [0.25, 0.3) is 11.7 Å². The van der Waals surface area contributed by atoms with Gasteiger partial charge in [-0.15, -0.1) is 0 Å². The number of aliphatic hydroxyl groups is 2. The van der Waals surface area contributed by atoms with Crippen LogP contribution in [0.3, 0.4) is 0 Å². The van der Waals surface area contributed by atoms with Crippen molar-refractivity contribution in [3.05, 3.63) is 114 Å². The molecule has 1 saturated heterocycles. The Bertz CT molecular complexity index is 2460. The summed E-state index contributed by atoms with van der Waals surface area (Å²) in [4.78, 5) is 58.9. The first-order valence-electron chi connectivity index (χ1n) is 19.9. The van der Waals surface area contributed by atoms with Gasteiger partial charge < -0.3 is 40.2 Å². The van der Waals surface area contributed by atoms with E-state index in [0.29, 0.717) is 41.1 Å². The standard InChI is InChI=1S/C43H44F3N9O5/c1-2-18-54(41(60)43(44,45)46)32-20-33(37(58)36(32)57)55-24-49-34-38(48-21-29(25-11-5-3-6-12-25)26-13-7-4-8-14-26)51-42(52-39(34)55)53-19-17-27(23-53)50-40(59)35(56)30-22-47-31-16-10-9-15-28(30)31/h3-16,22,24,27,29,32-33,36-37,47,57-58H,2,17-21,23H2,1H3,(H,50,59)(H,48,51,52)/t27-,32+,33-,36-,37+/m1/s1. The molecule has 60 heavy (non-hydrogen) atoms. The fourth-order valence-electron chi connectivity index (χ4n) is 8.50. The molecule has 3 aromatic heterocycles. The summed E-state index contributed by atoms with van der Waals surface area (Å²) in [6.45, 7) is 2.38. The number of fused-ring (bicyclic) bond motifs is 2. The molecule has 2 aliphatic rings. The average Bonchev–Trinajstić information content (AvgIpc) is 4.06. The molecule has 4 heterocycles. The van der Waals surface area contributed by atoms with E-state index in [-0.39, 0.29) is 49.0 Å². The average molecular weight is 824 g/mol. The number of alkyl halides is 3. The van der Waals surface area contributed by atoms with E-state index in [9.17, 15) is 37.8 Å². The molecule has 2 amide bonds. The first kappa shape index (κ1) is 40.4. The molecule has 3 aromatic carbocycles. The third-order valence-corrected chi connectivity index (χ3v) is 11.5. The SMILES string of the molecule is CCCN(C(=O)C(F)(F)F)[C@H]1C[C@@H](n2cnc3c(NCC(c4ccccc4)c4ccccc4)nc(N4CC[C@@H](NC(=O)C(=O)c5c[nH]c6ccccc56)C4)nc32)[C@H](O)[C@@H]1O. The molecule has 17 heteroatoms. The minimum atomic E-state index is -5.17. The van der Waals surface area contributed by atoms with E-state index < -0.39 is 54.1 Å². The van der Waals surface area contributed by atoms with E-state index in [1.165, 1.54) is 17.1 Å². The summed E-state index contributed by atoms with van der Waals surface area (Å²) in [6, 6.07) is 24.3. The second-order valence-corrected chi connectivity index (χ2v) is 15.3. The Balaban J connectivity index is 1.11. The molecule has 1 aliphatic heterocycles. The molecule has 0 unspecified atom stereocenters. The predicted molar refractivity (Wildman–Crippen MR) is 217 cm³/mol. The van der Waals surface area contributed by atoms with Crippen molar-refractivity contribution in [3.8, 4) is 0 Å². The number of aromatic nitrogens is 5. The number of aliphatic hydroxyl groups excluding tert-OH is 2. The van der Waals surface area contributed by atoms with E-state index in [4.69, 9.17) is 9.97 Å². The van der Waals surface area contributed by atoms with E-state index in [1.54, 1.807) is 19.1 Å². The summed E-state index contributed by atoms with van der Waals surface area (Å²) < 4.78 is 42.6. The van der Waals surface area contributed by atoms with Gasteiger partial charge >= 0.3 is 12.1 Å². The van der Waals surface area contributed by atoms with Crippen LogP contribution in [0.2, 0.25) is 0 Å². The number of Topliss-reactive ketones (excluding diaryl/α,β-unsaturated/α-hetero) is 1. The number of carbonyl (C=O) groups is 3. The molecule has 0 spiro atoms. The van der Waals surface area contributed by atoms with E-state index in [2.05, 4.69) is 20.6 Å². The van der Waals surface area contributed by atoms with Crippen molar-refractivity contribution in [2.24, 2.45) is 0 Å². The van der Waals surface area contributed by atoms with Gasteiger partial charge in [-0.1, -0.05) is 85.8 Å². The molecule has 312 valence electrons. The normalized spacial score (nSPS) is 20.6. The highest BCUT2D eigenvalue weighted by Crippen LogP contribution is 2.39. The monoisotopic (exact) mass is 823 g/mol. The van der Waals surface area contributed by atoms with Crippen LogP contribution in [0.5, 0.6) is 0 Å². The third-order valence-electron chi connectivity index (χ3n) is 11.5. The Hall–Kier alpha value is -6.33. The van der Waals surface area contributed by atoms with Crippen molar-refractivity contribution < 1.29 is 37.8 Å². The number of H-pyrrole nitrogens is 1. The number of hydrogen-bond donors (Lipinski definition) is 5. The maximum Gasteiger partial charge on any atom is 0.471 e. The number of nitrogens with one attached hydrogen (secondary N) is 3. The first-order chi connectivity index (χ1) is 28.9. The molecule has 6 aromatic rings. The topological polar surface area (TPSA) is 182 Å². The molecule has 1 saturated carbocycles. The Morgan fingerprint density at radius 3 is 2.32 bits per heavy atom. The molecular weight excluding hydrogens is 780 g/mol. The Labute approximate surface area is 342 Å². The smallest absolute Gasteiger partial charge is 0.388 e. The lowest BCUT2D eigenvalue weighted by atomic mass is 9.91. The minimum Gasteiger partial charge on any atom is -0.388 e. The van der Waals surface area contributed by atoms with Gasteiger partial charge in [-0.05, 0) is 36.5 Å². The van der Waals surface area contributed by atoms with Crippen LogP contribution in [0.25, 0.3) is 22.1 Å². The number of carbonyl (C=O) groups excluding carboxylic acids is 3. The van der Waals surface area contributed by atoms with Gasteiger partial charge in [-0.2, -0.15) is 23.1 Å². The van der Waals surface area contributed by atoms with Crippen LogP contribution in [-0.4, -0.2) is 114 Å². The zero-order valence-electron chi connectivity index (χ0n) is 32.6. The first-order valence-corrected chi connectivity index (χ1v) is 19.9. The zero-order chi connectivity index (χ0) is 42.1. The molecule has 5 N–H and O–H groups in total. The molecule has 0 bridgehead atoms. The molecule has 0 radical (unpaired) electrons. The fraction of sp³-hybridized carbons (Fsp3) is 0.349. The number of rotatable bonds is 13. The third kappa shape index (κ3) is 7.89. The Morgan fingerprint density at radius 2 is 1.63 bits per heavy atom. The van der Waals surface area contributed by atoms with Crippen LogP contribution in [0.4, 0.5) is 24.9 Å². The number of amides is 2. The molecule has 14 nitrogen and oxygen atoms in total.